The van der Waals surface area contributed by atoms with Crippen LogP contribution in [0.2, 0.25) is 0 Å². The van der Waals surface area contributed by atoms with Gasteiger partial charge in [0.1, 0.15) is 29.0 Å². The van der Waals surface area contributed by atoms with Crippen LogP contribution in [-0.4, -0.2) is 49.6 Å². The molecule has 1 aliphatic carbocycles. The molecule has 1 saturated heterocycles. The second-order valence-corrected chi connectivity index (χ2v) is 9.97. The number of amides is 2. The zero-order chi connectivity index (χ0) is 26.5. The monoisotopic (exact) mass is 514 g/mol. The second kappa shape index (κ2) is 11.5. The minimum absolute atomic E-state index is 0.113. The number of anilines is 1. The summed E-state index contributed by atoms with van der Waals surface area (Å²) in [5.41, 5.74) is 2.54. The van der Waals surface area contributed by atoms with E-state index in [4.69, 9.17) is 9.47 Å². The zero-order valence-corrected chi connectivity index (χ0v) is 21.9. The van der Waals surface area contributed by atoms with Crippen LogP contribution in [0.4, 0.5) is 5.69 Å². The van der Waals surface area contributed by atoms with Crippen LogP contribution in [0, 0.1) is 5.92 Å². The van der Waals surface area contributed by atoms with Crippen LogP contribution in [0.3, 0.4) is 0 Å². The van der Waals surface area contributed by atoms with Crippen molar-refractivity contribution in [2.45, 2.75) is 38.3 Å². The lowest BCUT2D eigenvalue weighted by molar-refractivity contribution is 0.0934. The molecule has 1 aromatic heterocycles. The van der Waals surface area contributed by atoms with Crippen molar-refractivity contribution >= 4 is 17.5 Å². The van der Waals surface area contributed by atoms with E-state index in [1.807, 2.05) is 31.2 Å². The van der Waals surface area contributed by atoms with Gasteiger partial charge < -0.3 is 25.0 Å². The largest absolute Gasteiger partial charge is 0.493 e. The summed E-state index contributed by atoms with van der Waals surface area (Å²) in [5, 5.41) is 5.46. The fraction of sp³-hybridized carbons (Fsp3) is 0.367. The Labute approximate surface area is 223 Å². The highest BCUT2D eigenvalue weighted by molar-refractivity contribution is 5.96. The summed E-state index contributed by atoms with van der Waals surface area (Å²) < 4.78 is 12.1. The van der Waals surface area contributed by atoms with E-state index in [0.717, 1.165) is 49.1 Å². The number of ether oxygens (including phenoxy) is 2. The Morgan fingerprint density at radius 2 is 1.63 bits per heavy atom. The van der Waals surface area contributed by atoms with Crippen LogP contribution in [0.25, 0.3) is 0 Å². The van der Waals surface area contributed by atoms with E-state index in [1.54, 1.807) is 18.2 Å². The molecule has 2 fully saturated rings. The third-order valence-corrected chi connectivity index (χ3v) is 7.00. The molecule has 8 nitrogen and oxygen atoms in total. The first-order valence-electron chi connectivity index (χ1n) is 13.2. The molecule has 3 aromatic rings. The van der Waals surface area contributed by atoms with E-state index >= 15 is 0 Å². The number of carbonyl (C=O) groups excluding carboxylic acids is 2. The van der Waals surface area contributed by atoms with Crippen molar-refractivity contribution in [2.75, 3.05) is 31.6 Å². The molecular weight excluding hydrogens is 480 g/mol. The Bertz CT molecular complexity index is 1260. The lowest BCUT2D eigenvalue weighted by Crippen LogP contribution is -2.28. The van der Waals surface area contributed by atoms with E-state index in [1.165, 1.54) is 25.6 Å². The summed E-state index contributed by atoms with van der Waals surface area (Å²) in [6.07, 6.45) is 3.65. The molecule has 8 heteroatoms. The van der Waals surface area contributed by atoms with Crippen LogP contribution in [0.15, 0.2) is 66.7 Å². The maximum Gasteiger partial charge on any atom is 0.270 e. The maximum atomic E-state index is 12.7. The second-order valence-electron chi connectivity index (χ2n) is 9.97. The Balaban J connectivity index is 1.11. The third kappa shape index (κ3) is 6.43. The Hall–Kier alpha value is -4.07. The molecule has 2 N–H and O–H groups in total. The van der Waals surface area contributed by atoms with Crippen molar-refractivity contribution in [3.05, 3.63) is 83.7 Å². The number of benzene rings is 2. The molecule has 2 atom stereocenters. The molecule has 198 valence electrons. The molecule has 1 saturated carbocycles. The van der Waals surface area contributed by atoms with Gasteiger partial charge in [0, 0.05) is 25.7 Å². The molecule has 2 heterocycles. The zero-order valence-electron chi connectivity index (χ0n) is 21.9. The summed E-state index contributed by atoms with van der Waals surface area (Å²) in [6, 6.07) is 20.7. The molecule has 2 aliphatic rings. The van der Waals surface area contributed by atoms with Crippen molar-refractivity contribution in [2.24, 2.45) is 5.92 Å². The average molecular weight is 515 g/mol. The van der Waals surface area contributed by atoms with Gasteiger partial charge in [-0.25, -0.2) is 4.98 Å². The molecule has 2 aromatic carbocycles. The van der Waals surface area contributed by atoms with Gasteiger partial charge in [-0.05, 0) is 79.8 Å². The molecule has 0 radical (unpaired) electrons. The van der Waals surface area contributed by atoms with Gasteiger partial charge in [-0.3, -0.25) is 9.59 Å². The van der Waals surface area contributed by atoms with Crippen molar-refractivity contribution in [3.63, 3.8) is 0 Å². The van der Waals surface area contributed by atoms with E-state index in [0.29, 0.717) is 0 Å². The van der Waals surface area contributed by atoms with E-state index in [-0.39, 0.29) is 35.3 Å². The summed E-state index contributed by atoms with van der Waals surface area (Å²) in [4.78, 5) is 31.0. The van der Waals surface area contributed by atoms with E-state index in [2.05, 4.69) is 44.8 Å². The molecule has 0 spiro atoms. The van der Waals surface area contributed by atoms with E-state index < -0.39 is 0 Å². The summed E-state index contributed by atoms with van der Waals surface area (Å²) in [6.45, 7) is 4.52. The van der Waals surface area contributed by atoms with Gasteiger partial charge in [-0.2, -0.15) is 0 Å². The fourth-order valence-electron chi connectivity index (χ4n) is 4.51. The number of pyridine rings is 1. The van der Waals surface area contributed by atoms with Gasteiger partial charge >= 0.3 is 0 Å². The van der Waals surface area contributed by atoms with Gasteiger partial charge in [-0.15, -0.1) is 0 Å². The summed E-state index contributed by atoms with van der Waals surface area (Å²) in [5.74, 6) is 1.82. The standard InChI is InChI=1S/C30H34N4O4/c1-20(32-30(36)28-5-3-4-27(33-28)29(35)31-2)22-8-12-25(13-9-22)38-26-16-17-34(18-26)23-10-14-24(15-11-23)37-19-21-6-7-21/h3-5,8-15,20-21,26H,6-7,16-19H2,1-2H3,(H,31,35)(H,32,36). The minimum Gasteiger partial charge on any atom is -0.493 e. The number of aromatic nitrogens is 1. The van der Waals surface area contributed by atoms with Crippen LogP contribution < -0.4 is 25.0 Å². The molecule has 38 heavy (non-hydrogen) atoms. The Morgan fingerprint density at radius 1 is 0.947 bits per heavy atom. The van der Waals surface area contributed by atoms with Gasteiger partial charge in [0.2, 0.25) is 0 Å². The number of rotatable bonds is 10. The summed E-state index contributed by atoms with van der Waals surface area (Å²) >= 11 is 0. The molecule has 1 aliphatic heterocycles. The first kappa shape index (κ1) is 25.6. The third-order valence-electron chi connectivity index (χ3n) is 7.00. The Morgan fingerprint density at radius 3 is 2.32 bits per heavy atom. The highest BCUT2D eigenvalue weighted by Gasteiger charge is 2.25. The normalized spacial score (nSPS) is 17.5. The number of hydrogen-bond donors (Lipinski definition) is 2. The predicted octanol–water partition coefficient (Wildman–Crippen LogP) is 4.38. The van der Waals surface area contributed by atoms with Crippen LogP contribution in [-0.2, 0) is 0 Å². The molecule has 0 bridgehead atoms. The van der Waals surface area contributed by atoms with Crippen molar-refractivity contribution in [1.82, 2.24) is 15.6 Å². The SMILES string of the molecule is CNC(=O)c1cccc(C(=O)NC(C)c2ccc(OC3CCN(c4ccc(OCC5CC5)cc4)C3)cc2)n1. The molecule has 5 rings (SSSR count). The maximum absolute atomic E-state index is 12.7. The number of hydrogen-bond acceptors (Lipinski definition) is 6. The van der Waals surface area contributed by atoms with Crippen LogP contribution in [0.1, 0.15) is 58.8 Å². The van der Waals surface area contributed by atoms with Crippen LogP contribution >= 0.6 is 0 Å². The molecular formula is C30H34N4O4. The van der Waals surface area contributed by atoms with E-state index in [9.17, 15) is 9.59 Å². The van der Waals surface area contributed by atoms with Crippen LogP contribution in [0.5, 0.6) is 11.5 Å². The van der Waals surface area contributed by atoms with Gasteiger partial charge in [0.05, 0.1) is 19.2 Å². The van der Waals surface area contributed by atoms with Crippen molar-refractivity contribution in [3.8, 4) is 11.5 Å². The average Bonchev–Trinajstić information content (AvgIpc) is 3.68. The highest BCUT2D eigenvalue weighted by Crippen LogP contribution is 2.30. The quantitative estimate of drug-likeness (QED) is 0.417. The topological polar surface area (TPSA) is 92.8 Å². The summed E-state index contributed by atoms with van der Waals surface area (Å²) in [7, 11) is 1.53. The number of carbonyl (C=O) groups is 2. The van der Waals surface area contributed by atoms with Crippen molar-refractivity contribution < 1.29 is 19.1 Å². The fourth-order valence-corrected chi connectivity index (χ4v) is 4.51. The number of nitrogens with zero attached hydrogens (tertiary/aromatic N) is 2. The van der Waals surface area contributed by atoms with Gasteiger partial charge in [0.15, 0.2) is 0 Å². The Kier molecular flexibility index (Phi) is 7.77. The predicted molar refractivity (Wildman–Crippen MR) is 146 cm³/mol. The minimum atomic E-state index is -0.336. The molecule has 2 amide bonds. The lowest BCUT2D eigenvalue weighted by Gasteiger charge is -2.20. The smallest absolute Gasteiger partial charge is 0.270 e. The lowest BCUT2D eigenvalue weighted by atomic mass is 10.1. The van der Waals surface area contributed by atoms with Crippen molar-refractivity contribution in [1.29, 1.82) is 0 Å². The molecule has 2 unspecified atom stereocenters. The first-order chi connectivity index (χ1) is 18.5. The number of nitrogens with one attached hydrogen (secondary N) is 2. The highest BCUT2D eigenvalue weighted by atomic mass is 16.5. The van der Waals surface area contributed by atoms with Gasteiger partial charge in [0.25, 0.3) is 11.8 Å². The first-order valence-corrected chi connectivity index (χ1v) is 13.2. The van der Waals surface area contributed by atoms with Gasteiger partial charge in [-0.1, -0.05) is 18.2 Å².